The van der Waals surface area contributed by atoms with E-state index in [1.54, 1.807) is 24.1 Å². The van der Waals surface area contributed by atoms with Crippen LogP contribution in [0.15, 0.2) is 18.2 Å². The van der Waals surface area contributed by atoms with E-state index < -0.39 is 12.1 Å². The molecule has 1 amide bonds. The molecule has 1 saturated heterocycles. The molecule has 0 aliphatic carbocycles. The molecular formula is C19H27NO7. The monoisotopic (exact) mass is 381 g/mol. The second kappa shape index (κ2) is 10.1. The van der Waals surface area contributed by atoms with Crippen LogP contribution in [0.3, 0.4) is 0 Å². The average Bonchev–Trinajstić information content (AvgIpc) is 2.72. The topological polar surface area (TPSA) is 94.5 Å². The van der Waals surface area contributed by atoms with Gasteiger partial charge in [0.15, 0.2) is 11.5 Å². The molecule has 0 radical (unpaired) electrons. The van der Waals surface area contributed by atoms with Crippen LogP contribution in [-0.4, -0.2) is 69.1 Å². The van der Waals surface area contributed by atoms with Gasteiger partial charge in [-0.2, -0.15) is 0 Å². The number of hydrogen-bond donors (Lipinski definition) is 1. The van der Waals surface area contributed by atoms with Crippen LogP contribution in [0.2, 0.25) is 0 Å². The zero-order chi connectivity index (χ0) is 19.8. The molecular weight excluding hydrogens is 354 g/mol. The molecule has 2 atom stereocenters. The van der Waals surface area contributed by atoms with Crippen LogP contribution in [0, 0.1) is 0 Å². The maximum atomic E-state index is 12.8. The zero-order valence-corrected chi connectivity index (χ0v) is 16.0. The molecule has 1 aliphatic rings. The molecule has 1 aromatic carbocycles. The van der Waals surface area contributed by atoms with Crippen molar-refractivity contribution in [3.63, 3.8) is 0 Å². The summed E-state index contributed by atoms with van der Waals surface area (Å²) in [6.45, 7) is 0.537. The number of carbonyl (C=O) groups is 2. The predicted molar refractivity (Wildman–Crippen MR) is 96.7 cm³/mol. The molecule has 0 unspecified atom stereocenters. The van der Waals surface area contributed by atoms with Gasteiger partial charge in [0.05, 0.1) is 40.6 Å². The molecule has 8 nitrogen and oxygen atoms in total. The van der Waals surface area contributed by atoms with Gasteiger partial charge in [0.25, 0.3) is 0 Å². The van der Waals surface area contributed by atoms with Gasteiger partial charge < -0.3 is 29.0 Å². The largest absolute Gasteiger partial charge is 0.493 e. The lowest BCUT2D eigenvalue weighted by Gasteiger charge is -2.41. The number of ether oxygens (including phenoxy) is 4. The standard InChI is InChI=1S/C19H27NO7/c1-24-14-8-7-13(11-15(14)25-2)19-16(12-21)27-10-9-20(19)17(22)5-4-6-18(23)26-3/h7-8,11,16,19,21H,4-6,9-10,12H2,1-3H3/t16-,19-/m0/s1. The molecule has 2 rings (SSSR count). The quantitative estimate of drug-likeness (QED) is 0.679. The van der Waals surface area contributed by atoms with Crippen molar-refractivity contribution in [1.82, 2.24) is 4.90 Å². The van der Waals surface area contributed by atoms with Crippen molar-refractivity contribution in [3.05, 3.63) is 23.8 Å². The summed E-state index contributed by atoms with van der Waals surface area (Å²) in [7, 11) is 4.41. The summed E-state index contributed by atoms with van der Waals surface area (Å²) < 4.78 is 20.9. The van der Waals surface area contributed by atoms with Crippen molar-refractivity contribution in [3.8, 4) is 11.5 Å². The summed E-state index contributed by atoms with van der Waals surface area (Å²) in [5.41, 5.74) is 0.785. The number of methoxy groups -OCH3 is 3. The van der Waals surface area contributed by atoms with Crippen LogP contribution in [0.5, 0.6) is 11.5 Å². The Morgan fingerprint density at radius 2 is 1.93 bits per heavy atom. The van der Waals surface area contributed by atoms with Gasteiger partial charge >= 0.3 is 5.97 Å². The van der Waals surface area contributed by atoms with Crippen molar-refractivity contribution >= 4 is 11.9 Å². The smallest absolute Gasteiger partial charge is 0.305 e. The Morgan fingerprint density at radius 1 is 1.19 bits per heavy atom. The summed E-state index contributed by atoms with van der Waals surface area (Å²) in [4.78, 5) is 25.7. The average molecular weight is 381 g/mol. The number of carbonyl (C=O) groups excluding carboxylic acids is 2. The molecule has 0 spiro atoms. The van der Waals surface area contributed by atoms with E-state index in [1.165, 1.54) is 14.2 Å². The van der Waals surface area contributed by atoms with Crippen LogP contribution in [0.1, 0.15) is 30.9 Å². The van der Waals surface area contributed by atoms with Gasteiger partial charge in [-0.3, -0.25) is 9.59 Å². The molecule has 1 heterocycles. The number of nitrogens with zero attached hydrogens (tertiary/aromatic N) is 1. The zero-order valence-electron chi connectivity index (χ0n) is 16.0. The number of hydrogen-bond acceptors (Lipinski definition) is 7. The Kier molecular flexibility index (Phi) is 7.87. The number of aliphatic hydroxyl groups is 1. The van der Waals surface area contributed by atoms with E-state index in [4.69, 9.17) is 14.2 Å². The Labute approximate surface area is 159 Å². The van der Waals surface area contributed by atoms with E-state index in [9.17, 15) is 14.7 Å². The summed E-state index contributed by atoms with van der Waals surface area (Å²) in [5.74, 6) is 0.680. The van der Waals surface area contributed by atoms with Gasteiger partial charge in [-0.15, -0.1) is 0 Å². The van der Waals surface area contributed by atoms with E-state index in [0.29, 0.717) is 31.1 Å². The predicted octanol–water partition coefficient (Wildman–Crippen LogP) is 1.31. The SMILES string of the molecule is COC(=O)CCCC(=O)N1CCO[C@@H](CO)[C@@H]1c1ccc(OC)c(OC)c1. The highest BCUT2D eigenvalue weighted by atomic mass is 16.5. The van der Waals surface area contributed by atoms with Crippen molar-refractivity contribution in [2.24, 2.45) is 0 Å². The number of amides is 1. The Bertz CT molecular complexity index is 649. The van der Waals surface area contributed by atoms with Gasteiger partial charge in [0.1, 0.15) is 6.10 Å². The third-order valence-corrected chi connectivity index (χ3v) is 4.60. The van der Waals surface area contributed by atoms with Crippen LogP contribution >= 0.6 is 0 Å². The van der Waals surface area contributed by atoms with Crippen molar-refractivity contribution < 1.29 is 33.6 Å². The molecule has 0 aromatic heterocycles. The van der Waals surface area contributed by atoms with E-state index in [-0.39, 0.29) is 31.3 Å². The highest BCUT2D eigenvalue weighted by Crippen LogP contribution is 2.36. The van der Waals surface area contributed by atoms with Crippen LogP contribution in [-0.2, 0) is 19.1 Å². The summed E-state index contributed by atoms with van der Waals surface area (Å²) in [6, 6.07) is 4.93. The molecule has 0 bridgehead atoms. The lowest BCUT2D eigenvalue weighted by molar-refractivity contribution is -0.150. The first-order valence-electron chi connectivity index (χ1n) is 8.86. The molecule has 150 valence electrons. The van der Waals surface area contributed by atoms with Gasteiger partial charge in [-0.25, -0.2) is 0 Å². The maximum Gasteiger partial charge on any atom is 0.305 e. The van der Waals surface area contributed by atoms with Gasteiger partial charge in [-0.05, 0) is 24.1 Å². The van der Waals surface area contributed by atoms with Crippen LogP contribution < -0.4 is 9.47 Å². The fourth-order valence-corrected chi connectivity index (χ4v) is 3.23. The minimum absolute atomic E-state index is 0.0968. The number of rotatable bonds is 8. The summed E-state index contributed by atoms with van der Waals surface area (Å²) in [5, 5.41) is 9.75. The molecule has 1 N–H and O–H groups in total. The lowest BCUT2D eigenvalue weighted by atomic mass is 9.97. The first kappa shape index (κ1) is 21.0. The number of morpholine rings is 1. The fourth-order valence-electron chi connectivity index (χ4n) is 3.23. The van der Waals surface area contributed by atoms with Gasteiger partial charge in [0, 0.05) is 19.4 Å². The fraction of sp³-hybridized carbons (Fsp3) is 0.579. The van der Waals surface area contributed by atoms with Crippen molar-refractivity contribution in [2.45, 2.75) is 31.4 Å². The van der Waals surface area contributed by atoms with Crippen LogP contribution in [0.4, 0.5) is 0 Å². The number of esters is 1. The van der Waals surface area contributed by atoms with E-state index in [0.717, 1.165) is 5.56 Å². The highest BCUT2D eigenvalue weighted by molar-refractivity contribution is 5.78. The molecule has 0 saturated carbocycles. The van der Waals surface area contributed by atoms with E-state index in [2.05, 4.69) is 4.74 Å². The number of aliphatic hydroxyl groups excluding tert-OH is 1. The minimum atomic E-state index is -0.540. The third-order valence-electron chi connectivity index (χ3n) is 4.60. The van der Waals surface area contributed by atoms with Gasteiger partial charge in [0.2, 0.25) is 5.91 Å². The van der Waals surface area contributed by atoms with Gasteiger partial charge in [-0.1, -0.05) is 6.07 Å². The normalized spacial score (nSPS) is 19.5. The third kappa shape index (κ3) is 5.11. The maximum absolute atomic E-state index is 12.8. The van der Waals surface area contributed by atoms with Crippen molar-refractivity contribution in [2.75, 3.05) is 41.1 Å². The summed E-state index contributed by atoms with van der Waals surface area (Å²) >= 11 is 0. The Morgan fingerprint density at radius 3 is 2.56 bits per heavy atom. The first-order valence-corrected chi connectivity index (χ1v) is 8.86. The molecule has 27 heavy (non-hydrogen) atoms. The lowest BCUT2D eigenvalue weighted by Crippen LogP contribution is -2.49. The molecule has 1 aliphatic heterocycles. The second-order valence-corrected chi connectivity index (χ2v) is 6.17. The van der Waals surface area contributed by atoms with Crippen LogP contribution in [0.25, 0.3) is 0 Å². The number of benzene rings is 1. The Balaban J connectivity index is 2.22. The highest BCUT2D eigenvalue weighted by Gasteiger charge is 2.36. The second-order valence-electron chi connectivity index (χ2n) is 6.17. The minimum Gasteiger partial charge on any atom is -0.493 e. The van der Waals surface area contributed by atoms with Crippen molar-refractivity contribution in [1.29, 1.82) is 0 Å². The molecule has 1 fully saturated rings. The van der Waals surface area contributed by atoms with E-state index >= 15 is 0 Å². The van der Waals surface area contributed by atoms with E-state index in [1.807, 2.05) is 6.07 Å². The molecule has 8 heteroatoms. The molecule has 1 aromatic rings. The first-order chi connectivity index (χ1) is 13.0. The Hall–Kier alpha value is -2.32. The summed E-state index contributed by atoms with van der Waals surface area (Å²) in [6.07, 6.45) is 0.278.